The lowest BCUT2D eigenvalue weighted by molar-refractivity contribution is 0.595. The molecule has 2 aromatic rings. The van der Waals surface area contributed by atoms with Crippen molar-refractivity contribution in [2.45, 2.75) is 17.6 Å². The molecule has 0 radical (unpaired) electrons. The van der Waals surface area contributed by atoms with Gasteiger partial charge in [-0.3, -0.25) is 4.98 Å². The minimum atomic E-state index is -3.45. The molecule has 2 aromatic heterocycles. The molecule has 5 nitrogen and oxygen atoms in total. The van der Waals surface area contributed by atoms with Crippen molar-refractivity contribution in [1.82, 2.24) is 9.97 Å². The predicted octanol–water partition coefficient (Wildman–Crippen LogP) is 1.40. The van der Waals surface area contributed by atoms with Gasteiger partial charge in [-0.05, 0) is 13.0 Å². The Bertz CT molecular complexity index is 635. The van der Waals surface area contributed by atoms with Gasteiger partial charge in [-0.25, -0.2) is 13.4 Å². The second-order valence-electron chi connectivity index (χ2n) is 3.56. The molecule has 0 unspecified atom stereocenters. The van der Waals surface area contributed by atoms with E-state index in [9.17, 15) is 8.42 Å². The first-order valence-electron chi connectivity index (χ1n) is 4.82. The van der Waals surface area contributed by atoms with Crippen LogP contribution in [-0.2, 0) is 15.6 Å². The maximum absolute atomic E-state index is 12.1. The molecule has 0 amide bonds. The molecule has 0 saturated heterocycles. The Morgan fingerprint density at radius 2 is 2.24 bits per heavy atom. The van der Waals surface area contributed by atoms with Crippen LogP contribution in [0.3, 0.4) is 0 Å². The highest BCUT2D eigenvalue weighted by molar-refractivity contribution is 7.91. The number of sulfone groups is 1. The van der Waals surface area contributed by atoms with E-state index in [-0.39, 0.29) is 16.3 Å². The summed E-state index contributed by atoms with van der Waals surface area (Å²) in [6, 6.07) is 1.41. The van der Waals surface area contributed by atoms with Crippen molar-refractivity contribution < 1.29 is 8.42 Å². The van der Waals surface area contributed by atoms with E-state index in [1.807, 2.05) is 12.3 Å². The number of pyridine rings is 1. The first kappa shape index (κ1) is 12.0. The number of anilines is 1. The quantitative estimate of drug-likeness (QED) is 0.910. The van der Waals surface area contributed by atoms with E-state index in [1.54, 1.807) is 0 Å². The van der Waals surface area contributed by atoms with E-state index >= 15 is 0 Å². The van der Waals surface area contributed by atoms with Gasteiger partial charge in [0.2, 0.25) is 0 Å². The SMILES string of the molecule is Cc1csc(CS(=O)(=O)c2ccncc2N)n1. The molecule has 7 heteroatoms. The fourth-order valence-electron chi connectivity index (χ4n) is 1.39. The molecule has 0 spiro atoms. The molecule has 90 valence electrons. The van der Waals surface area contributed by atoms with Crippen LogP contribution in [0.4, 0.5) is 5.69 Å². The second kappa shape index (κ2) is 4.42. The summed E-state index contributed by atoms with van der Waals surface area (Å²) in [7, 11) is -3.45. The first-order chi connectivity index (χ1) is 7.99. The summed E-state index contributed by atoms with van der Waals surface area (Å²) in [5.74, 6) is -0.125. The Morgan fingerprint density at radius 3 is 2.82 bits per heavy atom. The molecule has 0 atom stereocenters. The summed E-state index contributed by atoms with van der Waals surface area (Å²) in [4.78, 5) is 8.01. The number of thiazole rings is 1. The molecular formula is C10H11N3O2S2. The Kier molecular flexibility index (Phi) is 3.12. The molecule has 17 heavy (non-hydrogen) atoms. The highest BCUT2D eigenvalue weighted by atomic mass is 32.2. The van der Waals surface area contributed by atoms with E-state index in [2.05, 4.69) is 9.97 Å². The van der Waals surface area contributed by atoms with Crippen LogP contribution in [0.5, 0.6) is 0 Å². The van der Waals surface area contributed by atoms with Gasteiger partial charge >= 0.3 is 0 Å². The fraction of sp³-hybridized carbons (Fsp3) is 0.200. The average molecular weight is 269 g/mol. The lowest BCUT2D eigenvalue weighted by Gasteiger charge is -2.04. The lowest BCUT2D eigenvalue weighted by atomic mass is 10.4. The Morgan fingerprint density at radius 1 is 1.47 bits per heavy atom. The van der Waals surface area contributed by atoms with Gasteiger partial charge in [0.15, 0.2) is 9.84 Å². The number of nitrogens with zero attached hydrogens (tertiary/aromatic N) is 2. The molecule has 0 saturated carbocycles. The number of hydrogen-bond acceptors (Lipinski definition) is 6. The predicted molar refractivity (Wildman–Crippen MR) is 66.4 cm³/mol. The van der Waals surface area contributed by atoms with Crippen molar-refractivity contribution in [3.05, 3.63) is 34.5 Å². The van der Waals surface area contributed by atoms with Crippen molar-refractivity contribution in [3.8, 4) is 0 Å². The van der Waals surface area contributed by atoms with Crippen LogP contribution >= 0.6 is 11.3 Å². The van der Waals surface area contributed by atoms with Crippen LogP contribution in [0.25, 0.3) is 0 Å². The zero-order chi connectivity index (χ0) is 12.5. The third-order valence-electron chi connectivity index (χ3n) is 2.13. The van der Waals surface area contributed by atoms with Gasteiger partial charge in [0.25, 0.3) is 0 Å². The van der Waals surface area contributed by atoms with Gasteiger partial charge in [0, 0.05) is 17.3 Å². The summed E-state index contributed by atoms with van der Waals surface area (Å²) >= 11 is 1.33. The normalized spacial score (nSPS) is 11.6. The zero-order valence-electron chi connectivity index (χ0n) is 9.12. The lowest BCUT2D eigenvalue weighted by Crippen LogP contribution is -2.08. The summed E-state index contributed by atoms with van der Waals surface area (Å²) in [5, 5.41) is 2.39. The minimum absolute atomic E-state index is 0.111. The van der Waals surface area contributed by atoms with Crippen LogP contribution in [0.1, 0.15) is 10.7 Å². The van der Waals surface area contributed by atoms with Crippen molar-refractivity contribution in [3.63, 3.8) is 0 Å². The fourth-order valence-corrected chi connectivity index (χ4v) is 3.91. The van der Waals surface area contributed by atoms with Crippen LogP contribution in [0.2, 0.25) is 0 Å². The zero-order valence-corrected chi connectivity index (χ0v) is 10.8. The first-order valence-corrected chi connectivity index (χ1v) is 7.35. The molecular weight excluding hydrogens is 258 g/mol. The van der Waals surface area contributed by atoms with E-state index in [0.717, 1.165) is 5.69 Å². The van der Waals surface area contributed by atoms with Gasteiger partial charge in [-0.2, -0.15) is 0 Å². The Labute approximate surface area is 103 Å². The highest BCUT2D eigenvalue weighted by Gasteiger charge is 2.19. The molecule has 0 aromatic carbocycles. The largest absolute Gasteiger partial charge is 0.396 e. The van der Waals surface area contributed by atoms with Gasteiger partial charge in [-0.15, -0.1) is 11.3 Å². The van der Waals surface area contributed by atoms with Crippen molar-refractivity contribution in [2.24, 2.45) is 0 Å². The number of rotatable bonds is 3. The second-order valence-corrected chi connectivity index (χ2v) is 6.46. The molecule has 0 fully saturated rings. The van der Waals surface area contributed by atoms with E-state index in [4.69, 9.17) is 5.73 Å². The molecule has 0 aliphatic carbocycles. The van der Waals surface area contributed by atoms with Crippen LogP contribution in [0.15, 0.2) is 28.7 Å². The standard InChI is InChI=1S/C10H11N3O2S2/c1-7-5-16-10(13-7)6-17(14,15)9-2-3-12-4-8(9)11/h2-5H,6,11H2,1H3. The minimum Gasteiger partial charge on any atom is -0.396 e. The van der Waals surface area contributed by atoms with Crippen LogP contribution in [-0.4, -0.2) is 18.4 Å². The number of nitrogens with two attached hydrogens (primary N) is 1. The number of nitrogen functional groups attached to an aromatic ring is 1. The molecule has 2 heterocycles. The summed E-state index contributed by atoms with van der Waals surface area (Å²) in [5.41, 5.74) is 6.60. The molecule has 2 rings (SSSR count). The van der Waals surface area contributed by atoms with Gasteiger partial charge < -0.3 is 5.73 Å². The average Bonchev–Trinajstić information content (AvgIpc) is 2.63. The van der Waals surface area contributed by atoms with Crippen molar-refractivity contribution in [2.75, 3.05) is 5.73 Å². The summed E-state index contributed by atoms with van der Waals surface area (Å²) in [6.07, 6.45) is 2.75. The monoisotopic (exact) mass is 269 g/mol. The number of aryl methyl sites for hydroxylation is 1. The summed E-state index contributed by atoms with van der Waals surface area (Å²) < 4.78 is 24.2. The Hall–Kier alpha value is -1.47. The third-order valence-corrected chi connectivity index (χ3v) is 4.97. The molecule has 0 aliphatic heterocycles. The van der Waals surface area contributed by atoms with Gasteiger partial charge in [-0.1, -0.05) is 0 Å². The summed E-state index contributed by atoms with van der Waals surface area (Å²) in [6.45, 7) is 1.83. The number of aromatic nitrogens is 2. The van der Waals surface area contributed by atoms with Crippen LogP contribution < -0.4 is 5.73 Å². The molecule has 2 N–H and O–H groups in total. The highest BCUT2D eigenvalue weighted by Crippen LogP contribution is 2.22. The maximum Gasteiger partial charge on any atom is 0.187 e. The van der Waals surface area contributed by atoms with E-state index in [0.29, 0.717) is 5.01 Å². The smallest absolute Gasteiger partial charge is 0.187 e. The molecule has 0 bridgehead atoms. The molecule has 0 aliphatic rings. The van der Waals surface area contributed by atoms with Gasteiger partial charge in [0.1, 0.15) is 10.8 Å². The topological polar surface area (TPSA) is 85.9 Å². The third kappa shape index (κ3) is 2.62. The van der Waals surface area contributed by atoms with Crippen LogP contribution in [0, 0.1) is 6.92 Å². The van der Waals surface area contributed by atoms with Crippen molar-refractivity contribution in [1.29, 1.82) is 0 Å². The van der Waals surface area contributed by atoms with Gasteiger partial charge in [0.05, 0.1) is 16.8 Å². The van der Waals surface area contributed by atoms with E-state index in [1.165, 1.54) is 29.8 Å². The number of hydrogen-bond donors (Lipinski definition) is 1. The van der Waals surface area contributed by atoms with E-state index < -0.39 is 9.84 Å². The maximum atomic E-state index is 12.1. The van der Waals surface area contributed by atoms with Crippen molar-refractivity contribution >= 4 is 26.9 Å². The Balaban J connectivity index is 2.35.